The number of phenols is 1. The number of carboxylic acids is 1. The van der Waals surface area contributed by atoms with E-state index in [0.29, 0.717) is 24.9 Å². The van der Waals surface area contributed by atoms with Gasteiger partial charge in [-0.05, 0) is 37.1 Å². The highest BCUT2D eigenvalue weighted by Gasteiger charge is 2.27. The monoisotopic (exact) mass is 412 g/mol. The summed E-state index contributed by atoms with van der Waals surface area (Å²) in [6.07, 6.45) is 1.94. The SMILES string of the molecule is NCCCCC(N)C(=O)NC(Cc1ccc(O)cc1)C(=O)NC(CS)C(=O)O. The number of carboxylic acid groups (broad SMARTS) is 1. The average molecular weight is 413 g/mol. The summed E-state index contributed by atoms with van der Waals surface area (Å²) in [6.45, 7) is 0.501. The van der Waals surface area contributed by atoms with Gasteiger partial charge in [-0.25, -0.2) is 4.79 Å². The van der Waals surface area contributed by atoms with Crippen molar-refractivity contribution in [3.05, 3.63) is 29.8 Å². The van der Waals surface area contributed by atoms with E-state index < -0.39 is 35.9 Å². The highest BCUT2D eigenvalue weighted by atomic mass is 32.1. The van der Waals surface area contributed by atoms with Crippen LogP contribution in [0.2, 0.25) is 0 Å². The number of aliphatic carboxylic acids is 1. The molecule has 3 unspecified atom stereocenters. The van der Waals surface area contributed by atoms with Gasteiger partial charge < -0.3 is 32.3 Å². The molecule has 0 aliphatic carbocycles. The van der Waals surface area contributed by atoms with Crippen LogP contribution in [0.5, 0.6) is 5.75 Å². The number of amides is 2. The minimum atomic E-state index is -1.23. The number of thiol groups is 1. The van der Waals surface area contributed by atoms with Crippen LogP contribution in [0, 0.1) is 0 Å². The number of unbranched alkanes of at least 4 members (excludes halogenated alkanes) is 1. The highest BCUT2D eigenvalue weighted by molar-refractivity contribution is 7.80. The summed E-state index contributed by atoms with van der Waals surface area (Å²) >= 11 is 3.92. The minimum absolute atomic E-state index is 0.0664. The lowest BCUT2D eigenvalue weighted by Crippen LogP contribution is -2.55. The van der Waals surface area contributed by atoms with Crippen molar-refractivity contribution in [1.29, 1.82) is 0 Å². The standard InChI is InChI=1S/C18H28N4O5S/c19-8-2-1-3-13(20)16(24)21-14(9-11-4-6-12(23)7-5-11)17(25)22-15(10-28)18(26)27/h4-7,13-15,23,28H,1-3,8-10,19-20H2,(H,21,24)(H,22,25)(H,26,27). The van der Waals surface area contributed by atoms with Crippen molar-refractivity contribution in [3.63, 3.8) is 0 Å². The molecule has 1 aromatic carbocycles. The maximum atomic E-state index is 12.6. The first-order chi connectivity index (χ1) is 13.3. The Morgan fingerprint density at radius 3 is 2.18 bits per heavy atom. The van der Waals surface area contributed by atoms with Crippen molar-refractivity contribution in [2.45, 2.75) is 43.8 Å². The number of hydrogen-bond donors (Lipinski definition) is 7. The molecule has 0 aliphatic heterocycles. The first-order valence-corrected chi connectivity index (χ1v) is 9.59. The van der Waals surface area contributed by atoms with Crippen molar-refractivity contribution >= 4 is 30.4 Å². The summed E-state index contributed by atoms with van der Waals surface area (Å²) in [4.78, 5) is 36.1. The molecule has 0 radical (unpaired) electrons. The molecule has 0 bridgehead atoms. The van der Waals surface area contributed by atoms with Gasteiger partial charge in [-0.15, -0.1) is 0 Å². The molecule has 1 aromatic rings. The van der Waals surface area contributed by atoms with Gasteiger partial charge in [0.2, 0.25) is 11.8 Å². The number of nitrogens with one attached hydrogen (secondary N) is 2. The molecule has 0 aliphatic rings. The van der Waals surface area contributed by atoms with E-state index in [2.05, 4.69) is 23.3 Å². The lowest BCUT2D eigenvalue weighted by atomic mass is 10.0. The van der Waals surface area contributed by atoms with Crippen LogP contribution in [-0.2, 0) is 20.8 Å². The van der Waals surface area contributed by atoms with Crippen LogP contribution in [0.15, 0.2) is 24.3 Å². The molecule has 28 heavy (non-hydrogen) atoms. The van der Waals surface area contributed by atoms with Gasteiger partial charge in [0.1, 0.15) is 17.8 Å². The van der Waals surface area contributed by atoms with E-state index in [0.717, 1.165) is 6.42 Å². The van der Waals surface area contributed by atoms with E-state index in [1.807, 2.05) is 0 Å². The lowest BCUT2D eigenvalue weighted by Gasteiger charge is -2.22. The molecule has 1 rings (SSSR count). The van der Waals surface area contributed by atoms with Gasteiger partial charge >= 0.3 is 5.97 Å². The van der Waals surface area contributed by atoms with Crippen LogP contribution in [0.25, 0.3) is 0 Å². The first-order valence-electron chi connectivity index (χ1n) is 8.96. The van der Waals surface area contributed by atoms with Gasteiger partial charge in [0, 0.05) is 12.2 Å². The number of hydrogen-bond acceptors (Lipinski definition) is 7. The first kappa shape index (κ1) is 23.7. The third-order valence-corrected chi connectivity index (χ3v) is 4.48. The molecule has 8 N–H and O–H groups in total. The Hall–Kier alpha value is -2.30. The normalized spacial score (nSPS) is 14.0. The predicted molar refractivity (Wildman–Crippen MR) is 108 cm³/mol. The maximum Gasteiger partial charge on any atom is 0.327 e. The average Bonchev–Trinajstić information content (AvgIpc) is 2.66. The Balaban J connectivity index is 2.87. The predicted octanol–water partition coefficient (Wildman–Crippen LogP) is -0.625. The summed E-state index contributed by atoms with van der Waals surface area (Å²) in [5.74, 6) is -2.42. The van der Waals surface area contributed by atoms with Gasteiger partial charge in [0.25, 0.3) is 0 Å². The van der Waals surface area contributed by atoms with E-state index >= 15 is 0 Å². The Morgan fingerprint density at radius 1 is 1.04 bits per heavy atom. The summed E-state index contributed by atoms with van der Waals surface area (Å²) < 4.78 is 0. The molecule has 0 aromatic heterocycles. The van der Waals surface area contributed by atoms with Gasteiger partial charge in [-0.2, -0.15) is 12.6 Å². The Bertz CT molecular complexity index is 656. The van der Waals surface area contributed by atoms with Crippen LogP contribution >= 0.6 is 12.6 Å². The quantitative estimate of drug-likeness (QED) is 0.177. The fourth-order valence-electron chi connectivity index (χ4n) is 2.45. The second kappa shape index (κ2) is 12.2. The highest BCUT2D eigenvalue weighted by Crippen LogP contribution is 2.12. The van der Waals surface area contributed by atoms with Crippen LogP contribution in [0.3, 0.4) is 0 Å². The Labute approximate surface area is 169 Å². The molecule has 0 spiro atoms. The smallest absolute Gasteiger partial charge is 0.327 e. The minimum Gasteiger partial charge on any atom is -0.508 e. The van der Waals surface area contributed by atoms with Crippen LogP contribution in [0.4, 0.5) is 0 Å². The molecule has 0 heterocycles. The van der Waals surface area contributed by atoms with Gasteiger partial charge in [0.05, 0.1) is 6.04 Å². The van der Waals surface area contributed by atoms with Crippen LogP contribution in [-0.4, -0.2) is 58.4 Å². The van der Waals surface area contributed by atoms with Crippen molar-refractivity contribution < 1.29 is 24.6 Å². The number of carbonyl (C=O) groups excluding carboxylic acids is 2. The third-order valence-electron chi connectivity index (χ3n) is 4.11. The van der Waals surface area contributed by atoms with E-state index in [1.165, 1.54) is 12.1 Å². The topological polar surface area (TPSA) is 168 Å². The summed E-state index contributed by atoms with van der Waals surface area (Å²) in [5.41, 5.74) is 12.0. The molecule has 10 heteroatoms. The van der Waals surface area contributed by atoms with Gasteiger partial charge in [-0.3, -0.25) is 9.59 Å². The Morgan fingerprint density at radius 2 is 1.64 bits per heavy atom. The fraction of sp³-hybridized carbons (Fsp3) is 0.500. The molecule has 0 saturated heterocycles. The molecular formula is C18H28N4O5S. The van der Waals surface area contributed by atoms with Crippen LogP contribution in [0.1, 0.15) is 24.8 Å². The zero-order valence-electron chi connectivity index (χ0n) is 15.5. The largest absolute Gasteiger partial charge is 0.508 e. The summed E-state index contributed by atoms with van der Waals surface area (Å²) in [7, 11) is 0. The van der Waals surface area contributed by atoms with E-state index in [4.69, 9.17) is 16.6 Å². The van der Waals surface area contributed by atoms with E-state index in [-0.39, 0.29) is 17.9 Å². The number of nitrogens with two attached hydrogens (primary N) is 2. The third kappa shape index (κ3) is 8.15. The molecule has 156 valence electrons. The van der Waals surface area contributed by atoms with Crippen molar-refractivity contribution in [2.24, 2.45) is 11.5 Å². The van der Waals surface area contributed by atoms with E-state index in [9.17, 15) is 19.5 Å². The molecule has 0 saturated carbocycles. The van der Waals surface area contributed by atoms with E-state index in [1.54, 1.807) is 12.1 Å². The van der Waals surface area contributed by atoms with Gasteiger partial charge in [-0.1, -0.05) is 18.6 Å². The zero-order chi connectivity index (χ0) is 21.1. The van der Waals surface area contributed by atoms with Gasteiger partial charge in [0.15, 0.2) is 0 Å². The molecular weight excluding hydrogens is 384 g/mol. The second-order valence-corrected chi connectivity index (χ2v) is 6.77. The zero-order valence-corrected chi connectivity index (χ0v) is 16.4. The number of carbonyl (C=O) groups is 3. The molecule has 3 atom stereocenters. The van der Waals surface area contributed by atoms with Crippen molar-refractivity contribution in [2.75, 3.05) is 12.3 Å². The molecule has 9 nitrogen and oxygen atoms in total. The number of phenolic OH excluding ortho intramolecular Hbond substituents is 1. The molecule has 2 amide bonds. The number of aromatic hydroxyl groups is 1. The molecule has 0 fully saturated rings. The van der Waals surface area contributed by atoms with Crippen molar-refractivity contribution in [1.82, 2.24) is 10.6 Å². The maximum absolute atomic E-state index is 12.6. The van der Waals surface area contributed by atoms with Crippen LogP contribution < -0.4 is 22.1 Å². The lowest BCUT2D eigenvalue weighted by molar-refractivity contribution is -0.141. The summed E-state index contributed by atoms with van der Waals surface area (Å²) in [6, 6.07) is 3.11. The Kier molecular flexibility index (Phi) is 10.4. The second-order valence-electron chi connectivity index (χ2n) is 6.40. The van der Waals surface area contributed by atoms with Crippen molar-refractivity contribution in [3.8, 4) is 5.75 Å². The summed E-state index contributed by atoms with van der Waals surface area (Å²) in [5, 5.41) is 23.4. The number of rotatable bonds is 12. The number of benzene rings is 1. The fourth-order valence-corrected chi connectivity index (χ4v) is 2.70.